The molecule has 10 amide bonds. The Morgan fingerprint density at radius 3 is 1.43 bits per heavy atom. The molecule has 504 valence electrons. The Labute approximate surface area is 522 Å². The van der Waals surface area contributed by atoms with Gasteiger partial charge in [0.2, 0.25) is 59.1 Å². The molecule has 90 heavy (non-hydrogen) atoms. The molecule has 0 aliphatic rings. The van der Waals surface area contributed by atoms with Crippen molar-refractivity contribution in [3.63, 3.8) is 0 Å². The number of carbonyl (C=O) groups is 13. The Balaban J connectivity index is 3.51. The van der Waals surface area contributed by atoms with E-state index < -0.39 is 181 Å². The van der Waals surface area contributed by atoms with Crippen molar-refractivity contribution in [1.82, 2.24) is 58.5 Å². The fourth-order valence-electron chi connectivity index (χ4n) is 8.96. The lowest BCUT2D eigenvalue weighted by molar-refractivity contribution is -0.142. The normalized spacial score (nSPS) is 14.9. The van der Waals surface area contributed by atoms with E-state index in [4.69, 9.17) is 33.8 Å². The molecular weight excluding hydrogens is 1180 g/mol. The minimum Gasteiger partial charge on any atom is -0.481 e. The zero-order valence-corrected chi connectivity index (χ0v) is 52.0. The number of guanidine groups is 2. The Hall–Kier alpha value is -9.01. The molecule has 0 heterocycles. The van der Waals surface area contributed by atoms with Gasteiger partial charge in [-0.3, -0.25) is 73.1 Å². The zero-order valence-electron chi connectivity index (χ0n) is 52.0. The largest absolute Gasteiger partial charge is 0.481 e. The second-order valence-electron chi connectivity index (χ2n) is 22.0. The van der Waals surface area contributed by atoms with Gasteiger partial charge in [0.05, 0.1) is 25.0 Å². The van der Waals surface area contributed by atoms with Gasteiger partial charge in [0, 0.05) is 39.3 Å². The number of ketones is 1. The second-order valence-corrected chi connectivity index (χ2v) is 22.0. The van der Waals surface area contributed by atoms with Crippen LogP contribution in [0.15, 0.2) is 30.3 Å². The van der Waals surface area contributed by atoms with Crippen LogP contribution >= 0.6 is 0 Å². The van der Waals surface area contributed by atoms with Crippen LogP contribution in [0.2, 0.25) is 0 Å². The molecule has 33 heteroatoms. The van der Waals surface area contributed by atoms with Crippen molar-refractivity contribution >= 4 is 88.7 Å². The molecule has 0 saturated heterocycles. The highest BCUT2D eigenvalue weighted by Crippen LogP contribution is 2.15. The van der Waals surface area contributed by atoms with Gasteiger partial charge in [0.25, 0.3) is 0 Å². The summed E-state index contributed by atoms with van der Waals surface area (Å²) < 4.78 is 0. The van der Waals surface area contributed by atoms with Gasteiger partial charge in [-0.1, -0.05) is 70.9 Å². The number of carboxylic acid groups (broad SMARTS) is 2. The molecule has 0 aromatic heterocycles. The Kier molecular flexibility index (Phi) is 36.9. The van der Waals surface area contributed by atoms with Crippen molar-refractivity contribution < 1.29 is 77.6 Å². The lowest BCUT2D eigenvalue weighted by Crippen LogP contribution is -2.61. The maximum atomic E-state index is 14.3. The van der Waals surface area contributed by atoms with Crippen LogP contribution in [0.3, 0.4) is 0 Å². The molecule has 33 nitrogen and oxygen atoms in total. The summed E-state index contributed by atoms with van der Waals surface area (Å²) in [5.74, 6) is -16.3. The first-order valence-electron chi connectivity index (χ1n) is 29.9. The summed E-state index contributed by atoms with van der Waals surface area (Å²) in [5.41, 5.74) is 22.8. The lowest BCUT2D eigenvalue weighted by atomic mass is 9.95. The first-order valence-corrected chi connectivity index (χ1v) is 29.9. The van der Waals surface area contributed by atoms with Gasteiger partial charge < -0.3 is 96.7 Å². The quantitative estimate of drug-likeness (QED) is 0.0167. The van der Waals surface area contributed by atoms with Crippen molar-refractivity contribution in [2.24, 2.45) is 40.7 Å². The first kappa shape index (κ1) is 79.0. The first-order chi connectivity index (χ1) is 42.4. The van der Waals surface area contributed by atoms with E-state index in [-0.39, 0.29) is 83.3 Å². The van der Waals surface area contributed by atoms with E-state index in [0.29, 0.717) is 18.4 Å². The maximum absolute atomic E-state index is 14.3. The van der Waals surface area contributed by atoms with E-state index in [1.807, 2.05) is 0 Å². The van der Waals surface area contributed by atoms with E-state index in [9.17, 15) is 77.6 Å². The van der Waals surface area contributed by atoms with Crippen LogP contribution in [0.4, 0.5) is 0 Å². The van der Waals surface area contributed by atoms with Crippen LogP contribution in [0, 0.1) is 28.6 Å². The Bertz CT molecular complexity index is 2620. The zero-order chi connectivity index (χ0) is 68.2. The SMILES string of the molecule is CC[C@H](C)C(NC(=O)[C@H](CC(=O)O)NC(=O)[C@H](C)NC(=O)C(CO)CC(=O)[C@H](CCCNC(=N)N)NC(=O)[C@H](CCCNC(=N)N)NC(=O)[C@H](CCCCN)NC(=O)[C@H](CCC(=O)O)NC(C)=O)C(=O)N[C@@H](Cc1ccccc1)C(=O)N[C@H](C(N)=O)[C@@H](C)CC. The third kappa shape index (κ3) is 30.8. The number of aliphatic hydroxyl groups excluding tert-OH is 1. The van der Waals surface area contributed by atoms with Gasteiger partial charge in [-0.15, -0.1) is 0 Å². The smallest absolute Gasteiger partial charge is 0.305 e. The van der Waals surface area contributed by atoms with Crippen LogP contribution in [0.25, 0.3) is 0 Å². The highest BCUT2D eigenvalue weighted by Gasteiger charge is 2.37. The number of unbranched alkanes of at least 4 members (excludes halogenated alkanes) is 1. The molecule has 0 bridgehead atoms. The summed E-state index contributed by atoms with van der Waals surface area (Å²) in [4.78, 5) is 173. The number of primary amides is 1. The summed E-state index contributed by atoms with van der Waals surface area (Å²) >= 11 is 0. The second kappa shape index (κ2) is 42.0. The number of amides is 10. The minimum absolute atomic E-state index is 0.0114. The van der Waals surface area contributed by atoms with Crippen LogP contribution < -0.4 is 81.4 Å². The minimum atomic E-state index is -1.88. The molecule has 0 saturated carbocycles. The lowest BCUT2D eigenvalue weighted by Gasteiger charge is -2.29. The molecule has 0 aliphatic heterocycles. The number of Topliss-reactive ketones (excluding diaryl/α,β-unsaturated/α-hetero) is 1. The standard InChI is InChI=1S/C57H95N17O16/c1-7-30(3)45(47(59)82)73-53(88)40(26-34-16-10-9-11-17-34)72-55(90)46(31(4)8-2)74-54(89)41(28-44(80)81)71-48(83)32(5)66-49(84)35(29-75)27-42(77)36(19-14-24-64-56(60)61)68-50(85)38(20-15-25-65-57(62)63)70-51(86)37(18-12-13-23-58)69-52(87)39(67-33(6)76)21-22-43(78)79/h9-11,16-17,30-32,35-41,45-46,75H,7-8,12-15,18-29,58H2,1-6H3,(H2,59,82)(H,66,84)(H,67,76)(H,68,85)(H,69,87)(H,70,86)(H,71,83)(H,72,90)(H,73,88)(H,74,89)(H,78,79)(H,80,81)(H4,60,61,64)(H4,62,63,65)/t30-,31-,32-,35?,36-,37-,38-,39-,40-,41-,45-,46?/m0/s1. The van der Waals surface area contributed by atoms with E-state index in [1.54, 1.807) is 58.0 Å². The maximum Gasteiger partial charge on any atom is 0.305 e. The summed E-state index contributed by atoms with van der Waals surface area (Å²) in [6.07, 6.45) is -1.52. The van der Waals surface area contributed by atoms with Crippen LogP contribution in [0.5, 0.6) is 0 Å². The molecular formula is C57H95N17O16. The summed E-state index contributed by atoms with van der Waals surface area (Å²) in [7, 11) is 0. The molecule has 0 fully saturated rings. The third-order valence-electron chi connectivity index (χ3n) is 14.6. The molecule has 0 radical (unpaired) electrons. The average Bonchev–Trinajstić information content (AvgIpc) is 2.86. The molecule has 1 rings (SSSR count). The van der Waals surface area contributed by atoms with E-state index in [0.717, 1.165) is 13.8 Å². The van der Waals surface area contributed by atoms with E-state index in [1.165, 1.54) is 0 Å². The van der Waals surface area contributed by atoms with Crippen molar-refractivity contribution in [2.45, 2.75) is 186 Å². The molecule has 24 N–H and O–H groups in total. The van der Waals surface area contributed by atoms with Crippen LogP contribution in [-0.4, -0.2) is 185 Å². The molecule has 1 aromatic carbocycles. The predicted octanol–water partition coefficient (Wildman–Crippen LogP) is -4.23. The van der Waals surface area contributed by atoms with Gasteiger partial charge in [0.1, 0.15) is 48.3 Å². The van der Waals surface area contributed by atoms with E-state index >= 15 is 0 Å². The summed E-state index contributed by atoms with van der Waals surface area (Å²) in [5, 5.41) is 72.1. The molecule has 0 aliphatic carbocycles. The van der Waals surface area contributed by atoms with Gasteiger partial charge >= 0.3 is 11.9 Å². The van der Waals surface area contributed by atoms with Crippen LogP contribution in [-0.2, 0) is 68.7 Å². The molecule has 1 aromatic rings. The van der Waals surface area contributed by atoms with Gasteiger partial charge in [0.15, 0.2) is 17.7 Å². The highest BCUT2D eigenvalue weighted by molar-refractivity contribution is 5.99. The number of hydrogen-bond donors (Lipinski definition) is 20. The number of rotatable bonds is 45. The Morgan fingerprint density at radius 2 is 0.956 bits per heavy atom. The number of aliphatic carboxylic acids is 2. The third-order valence-corrected chi connectivity index (χ3v) is 14.6. The van der Waals surface area contributed by atoms with Gasteiger partial charge in [-0.25, -0.2) is 0 Å². The molecule has 12 atom stereocenters. The number of hydrogen-bond acceptors (Lipinski definition) is 17. The van der Waals surface area contributed by atoms with Crippen molar-refractivity contribution in [1.29, 1.82) is 10.8 Å². The predicted molar refractivity (Wildman–Crippen MR) is 328 cm³/mol. The van der Waals surface area contributed by atoms with Crippen molar-refractivity contribution in [3.05, 3.63) is 35.9 Å². The number of nitrogens with two attached hydrogens (primary N) is 4. The molecule has 0 spiro atoms. The molecule has 2 unspecified atom stereocenters. The summed E-state index contributed by atoms with van der Waals surface area (Å²) in [6.45, 7) is 8.30. The van der Waals surface area contributed by atoms with Gasteiger partial charge in [-0.05, 0) is 82.2 Å². The van der Waals surface area contributed by atoms with Gasteiger partial charge in [-0.2, -0.15) is 0 Å². The summed E-state index contributed by atoms with van der Waals surface area (Å²) in [6, 6.07) is -4.40. The average molecular weight is 1270 g/mol. The fraction of sp³-hybridized carbons (Fsp3) is 0.632. The fourth-order valence-corrected chi connectivity index (χ4v) is 8.96. The van der Waals surface area contributed by atoms with Crippen LogP contribution in [0.1, 0.15) is 131 Å². The number of benzene rings is 1. The number of carboxylic acids is 2. The topological polar surface area (TPSA) is 567 Å². The van der Waals surface area contributed by atoms with E-state index in [2.05, 4.69) is 58.5 Å². The Morgan fingerprint density at radius 1 is 0.500 bits per heavy atom. The highest BCUT2D eigenvalue weighted by atomic mass is 16.4. The monoisotopic (exact) mass is 1270 g/mol. The number of aliphatic hydroxyl groups is 1. The van der Waals surface area contributed by atoms with Crippen molar-refractivity contribution in [2.75, 3.05) is 26.2 Å². The number of carbonyl (C=O) groups excluding carboxylic acids is 11. The van der Waals surface area contributed by atoms with Crippen molar-refractivity contribution in [3.8, 4) is 0 Å². The number of nitrogens with one attached hydrogen (secondary N) is 13.